The Bertz CT molecular complexity index is 562. The Morgan fingerprint density at radius 1 is 0.950 bits per heavy atom. The standard InChI is InChI=1S/C18H21NO/c1-4-18(19(2)3,16-13-9-6-10-14-16)17(20)15-11-7-5-8-12-15/h5-14H,4H2,1-3H3. The third-order valence-electron chi connectivity index (χ3n) is 3.94. The monoisotopic (exact) mass is 267 g/mol. The van der Waals surface area contributed by atoms with Crippen LogP contribution in [0.15, 0.2) is 60.7 Å². The van der Waals surface area contributed by atoms with Crippen LogP contribution in [0.25, 0.3) is 0 Å². The van der Waals surface area contributed by atoms with E-state index in [0.29, 0.717) is 0 Å². The summed E-state index contributed by atoms with van der Waals surface area (Å²) in [7, 11) is 3.94. The molecular formula is C18H21NO. The largest absolute Gasteiger partial charge is 0.293 e. The Morgan fingerprint density at radius 3 is 1.90 bits per heavy atom. The maximum Gasteiger partial charge on any atom is 0.187 e. The van der Waals surface area contributed by atoms with Gasteiger partial charge in [-0.3, -0.25) is 9.69 Å². The van der Waals surface area contributed by atoms with Crippen molar-refractivity contribution in [3.8, 4) is 0 Å². The molecule has 0 amide bonds. The lowest BCUT2D eigenvalue weighted by Crippen LogP contribution is -2.48. The number of likely N-dealkylation sites (N-methyl/N-ethyl adjacent to an activating group) is 1. The summed E-state index contributed by atoms with van der Waals surface area (Å²) in [5.41, 5.74) is 1.19. The molecule has 0 saturated heterocycles. The van der Waals surface area contributed by atoms with Gasteiger partial charge in [-0.1, -0.05) is 67.6 Å². The van der Waals surface area contributed by atoms with Crippen molar-refractivity contribution in [3.05, 3.63) is 71.8 Å². The van der Waals surface area contributed by atoms with E-state index in [0.717, 1.165) is 17.5 Å². The molecule has 2 nitrogen and oxygen atoms in total. The number of rotatable bonds is 5. The van der Waals surface area contributed by atoms with Crippen molar-refractivity contribution in [2.24, 2.45) is 0 Å². The summed E-state index contributed by atoms with van der Waals surface area (Å²) in [5, 5.41) is 0. The van der Waals surface area contributed by atoms with Gasteiger partial charge in [-0.25, -0.2) is 0 Å². The molecule has 0 radical (unpaired) electrons. The second-order valence-electron chi connectivity index (χ2n) is 5.17. The highest BCUT2D eigenvalue weighted by atomic mass is 16.1. The lowest BCUT2D eigenvalue weighted by atomic mass is 9.79. The summed E-state index contributed by atoms with van der Waals surface area (Å²) in [6.45, 7) is 2.06. The molecule has 0 spiro atoms. The predicted octanol–water partition coefficient (Wildman–Crippen LogP) is 3.74. The maximum absolute atomic E-state index is 13.1. The van der Waals surface area contributed by atoms with Crippen LogP contribution in [0.3, 0.4) is 0 Å². The van der Waals surface area contributed by atoms with Gasteiger partial charge in [-0.15, -0.1) is 0 Å². The first-order valence-electron chi connectivity index (χ1n) is 6.95. The first kappa shape index (κ1) is 14.5. The number of carbonyl (C=O) groups is 1. The van der Waals surface area contributed by atoms with Crippen LogP contribution >= 0.6 is 0 Å². The summed E-state index contributed by atoms with van der Waals surface area (Å²) in [6, 6.07) is 19.5. The van der Waals surface area contributed by atoms with Gasteiger partial charge in [0.15, 0.2) is 5.78 Å². The van der Waals surface area contributed by atoms with Gasteiger partial charge in [-0.2, -0.15) is 0 Å². The Kier molecular flexibility index (Phi) is 4.35. The zero-order valence-corrected chi connectivity index (χ0v) is 12.3. The molecule has 2 heteroatoms. The molecule has 0 bridgehead atoms. The third kappa shape index (κ3) is 2.39. The molecule has 104 valence electrons. The molecule has 0 aliphatic rings. The summed E-state index contributed by atoms with van der Waals surface area (Å²) < 4.78 is 0. The molecule has 20 heavy (non-hydrogen) atoms. The molecule has 2 rings (SSSR count). The average Bonchev–Trinajstić information content (AvgIpc) is 2.50. The van der Waals surface area contributed by atoms with E-state index in [9.17, 15) is 4.79 Å². The fourth-order valence-electron chi connectivity index (χ4n) is 2.82. The van der Waals surface area contributed by atoms with E-state index in [4.69, 9.17) is 0 Å². The van der Waals surface area contributed by atoms with Crippen LogP contribution in [0.5, 0.6) is 0 Å². The molecule has 1 unspecified atom stereocenters. The molecule has 0 aliphatic heterocycles. The van der Waals surface area contributed by atoms with Crippen molar-refractivity contribution in [3.63, 3.8) is 0 Å². The molecule has 0 fully saturated rings. The second kappa shape index (κ2) is 6.02. The summed E-state index contributed by atoms with van der Waals surface area (Å²) in [5.74, 6) is 0.150. The lowest BCUT2D eigenvalue weighted by molar-refractivity contribution is 0.0660. The Morgan fingerprint density at radius 2 is 1.45 bits per heavy atom. The van der Waals surface area contributed by atoms with Crippen LogP contribution < -0.4 is 0 Å². The zero-order chi connectivity index (χ0) is 14.6. The highest BCUT2D eigenvalue weighted by Gasteiger charge is 2.40. The molecule has 2 aromatic rings. The number of ketones is 1. The van der Waals surface area contributed by atoms with E-state index in [2.05, 4.69) is 6.92 Å². The van der Waals surface area contributed by atoms with Crippen LogP contribution in [0, 0.1) is 0 Å². The van der Waals surface area contributed by atoms with Crippen LogP contribution in [0.1, 0.15) is 29.3 Å². The van der Waals surface area contributed by atoms with Crippen LogP contribution in [0.2, 0.25) is 0 Å². The van der Waals surface area contributed by atoms with Crippen LogP contribution in [-0.4, -0.2) is 24.8 Å². The van der Waals surface area contributed by atoms with Crippen molar-refractivity contribution in [1.29, 1.82) is 0 Å². The Labute approximate surface area is 121 Å². The highest BCUT2D eigenvalue weighted by molar-refractivity contribution is 6.03. The zero-order valence-electron chi connectivity index (χ0n) is 12.3. The first-order valence-corrected chi connectivity index (χ1v) is 6.95. The van der Waals surface area contributed by atoms with Crippen molar-refractivity contribution in [2.75, 3.05) is 14.1 Å². The minimum atomic E-state index is -0.609. The third-order valence-corrected chi connectivity index (χ3v) is 3.94. The smallest absolute Gasteiger partial charge is 0.187 e. The number of nitrogens with zero attached hydrogens (tertiary/aromatic N) is 1. The number of Topliss-reactive ketones (excluding diaryl/α,β-unsaturated/α-hetero) is 1. The summed E-state index contributed by atoms with van der Waals surface area (Å²) in [4.78, 5) is 15.1. The van der Waals surface area contributed by atoms with E-state index >= 15 is 0 Å². The topological polar surface area (TPSA) is 20.3 Å². The molecule has 0 N–H and O–H groups in total. The van der Waals surface area contributed by atoms with E-state index in [1.54, 1.807) is 0 Å². The van der Waals surface area contributed by atoms with Crippen LogP contribution in [0.4, 0.5) is 0 Å². The summed E-state index contributed by atoms with van der Waals surface area (Å²) in [6.07, 6.45) is 0.734. The van der Waals surface area contributed by atoms with Crippen molar-refractivity contribution < 1.29 is 4.79 Å². The minimum Gasteiger partial charge on any atom is -0.293 e. The lowest BCUT2D eigenvalue weighted by Gasteiger charge is -2.38. The van der Waals surface area contributed by atoms with Gasteiger partial charge < -0.3 is 0 Å². The van der Waals surface area contributed by atoms with Gasteiger partial charge in [0.25, 0.3) is 0 Å². The predicted molar refractivity (Wildman–Crippen MR) is 82.9 cm³/mol. The normalized spacial score (nSPS) is 14.0. The van der Waals surface area contributed by atoms with Gasteiger partial charge in [-0.05, 0) is 26.1 Å². The quantitative estimate of drug-likeness (QED) is 0.769. The first-order chi connectivity index (χ1) is 9.63. The molecule has 0 saturated carbocycles. The fraction of sp³-hybridized carbons (Fsp3) is 0.278. The van der Waals surface area contributed by atoms with Crippen molar-refractivity contribution in [2.45, 2.75) is 18.9 Å². The number of benzene rings is 2. The maximum atomic E-state index is 13.1. The van der Waals surface area contributed by atoms with Gasteiger partial charge >= 0.3 is 0 Å². The van der Waals surface area contributed by atoms with E-state index in [-0.39, 0.29) is 5.78 Å². The molecular weight excluding hydrogens is 246 g/mol. The number of hydrogen-bond acceptors (Lipinski definition) is 2. The average molecular weight is 267 g/mol. The minimum absolute atomic E-state index is 0.150. The van der Waals surface area contributed by atoms with Gasteiger partial charge in [0.05, 0.1) is 0 Å². The molecule has 1 atom stereocenters. The van der Waals surface area contributed by atoms with Gasteiger partial charge in [0.1, 0.15) is 5.54 Å². The van der Waals surface area contributed by atoms with Gasteiger partial charge in [0.2, 0.25) is 0 Å². The molecule has 2 aromatic carbocycles. The Balaban J connectivity index is 2.56. The van der Waals surface area contributed by atoms with Crippen LogP contribution in [-0.2, 0) is 5.54 Å². The summed E-state index contributed by atoms with van der Waals surface area (Å²) >= 11 is 0. The fourth-order valence-corrected chi connectivity index (χ4v) is 2.82. The second-order valence-corrected chi connectivity index (χ2v) is 5.17. The SMILES string of the molecule is CCC(C(=O)c1ccccc1)(c1ccccc1)N(C)C. The molecule has 0 aliphatic carbocycles. The van der Waals surface area contributed by atoms with E-state index in [1.165, 1.54) is 0 Å². The molecule has 0 heterocycles. The number of hydrogen-bond donors (Lipinski definition) is 0. The Hall–Kier alpha value is -1.93. The number of carbonyl (C=O) groups excluding carboxylic acids is 1. The van der Waals surface area contributed by atoms with E-state index < -0.39 is 5.54 Å². The molecule has 0 aromatic heterocycles. The van der Waals surface area contributed by atoms with E-state index in [1.807, 2.05) is 79.7 Å². The van der Waals surface area contributed by atoms with Gasteiger partial charge in [0, 0.05) is 5.56 Å². The van der Waals surface area contributed by atoms with Crippen molar-refractivity contribution >= 4 is 5.78 Å². The van der Waals surface area contributed by atoms with Crippen molar-refractivity contribution in [1.82, 2.24) is 4.90 Å². The highest BCUT2D eigenvalue weighted by Crippen LogP contribution is 2.33.